The van der Waals surface area contributed by atoms with Crippen molar-refractivity contribution in [2.45, 2.75) is 38.1 Å². The molecule has 2 aliphatic heterocycles. The standard InChI is InChI=1S/C10H16N2O5/c1-5-3-12(10(16)11-9(5)15)8-2-6(14)7(4-13)17-8/h3,6-8,10,13-14,16H,2,4H2,1H3,(H,11,15)/t6?,7-,8-,10?/m1/s1. The number of carbonyl (C=O) groups excluding carboxylic acids is 1. The van der Waals surface area contributed by atoms with Crippen molar-refractivity contribution < 1.29 is 24.9 Å². The molecular formula is C10H16N2O5. The minimum atomic E-state index is -1.18. The number of hydrogen-bond donors (Lipinski definition) is 4. The van der Waals surface area contributed by atoms with Crippen molar-refractivity contribution in [2.75, 3.05) is 6.61 Å². The molecule has 17 heavy (non-hydrogen) atoms. The number of carbonyl (C=O) groups is 1. The van der Waals surface area contributed by atoms with Gasteiger partial charge in [-0.1, -0.05) is 0 Å². The zero-order valence-electron chi connectivity index (χ0n) is 9.41. The second-order valence-electron chi connectivity index (χ2n) is 4.22. The van der Waals surface area contributed by atoms with Crippen LogP contribution in [0, 0.1) is 0 Å². The Morgan fingerprint density at radius 2 is 2.29 bits per heavy atom. The number of ether oxygens (including phenoxy) is 1. The molecule has 2 unspecified atom stereocenters. The summed E-state index contributed by atoms with van der Waals surface area (Å²) in [6.07, 6.45) is -1.42. The van der Waals surface area contributed by atoms with Crippen molar-refractivity contribution in [3.8, 4) is 0 Å². The Hall–Kier alpha value is -1.15. The summed E-state index contributed by atoms with van der Waals surface area (Å²) in [4.78, 5) is 12.7. The van der Waals surface area contributed by atoms with Crippen LogP contribution in [0.15, 0.2) is 11.8 Å². The molecular weight excluding hydrogens is 228 g/mol. The van der Waals surface area contributed by atoms with Crippen molar-refractivity contribution in [3.05, 3.63) is 11.8 Å². The molecule has 1 fully saturated rings. The van der Waals surface area contributed by atoms with Gasteiger partial charge >= 0.3 is 0 Å². The molecule has 96 valence electrons. The average Bonchev–Trinajstić information content (AvgIpc) is 2.65. The second kappa shape index (κ2) is 4.61. The third-order valence-corrected chi connectivity index (χ3v) is 2.96. The van der Waals surface area contributed by atoms with Gasteiger partial charge in [0.15, 0.2) is 0 Å². The van der Waals surface area contributed by atoms with Gasteiger partial charge in [-0.2, -0.15) is 0 Å². The Balaban J connectivity index is 2.10. The van der Waals surface area contributed by atoms with Crippen molar-refractivity contribution >= 4 is 5.91 Å². The topological polar surface area (TPSA) is 102 Å². The maximum atomic E-state index is 11.3. The first-order valence-corrected chi connectivity index (χ1v) is 5.42. The number of amides is 1. The van der Waals surface area contributed by atoms with Gasteiger partial charge in [0, 0.05) is 18.2 Å². The van der Waals surface area contributed by atoms with Crippen LogP contribution in [0.1, 0.15) is 13.3 Å². The molecule has 4 atom stereocenters. The van der Waals surface area contributed by atoms with Crippen molar-refractivity contribution in [1.29, 1.82) is 0 Å². The van der Waals surface area contributed by atoms with Crippen LogP contribution in [0.5, 0.6) is 0 Å². The van der Waals surface area contributed by atoms with E-state index in [9.17, 15) is 15.0 Å². The summed E-state index contributed by atoms with van der Waals surface area (Å²) in [5.41, 5.74) is 0.445. The normalized spacial score (nSPS) is 38.0. The quantitative estimate of drug-likeness (QED) is 0.451. The summed E-state index contributed by atoms with van der Waals surface area (Å²) in [5, 5.41) is 30.6. The highest BCUT2D eigenvalue weighted by molar-refractivity contribution is 5.93. The summed E-state index contributed by atoms with van der Waals surface area (Å²) in [6.45, 7) is 1.33. The van der Waals surface area contributed by atoms with E-state index in [0.29, 0.717) is 5.57 Å². The van der Waals surface area contributed by atoms with Crippen molar-refractivity contribution in [1.82, 2.24) is 10.2 Å². The number of aliphatic hydroxyl groups excluding tert-OH is 3. The lowest BCUT2D eigenvalue weighted by Crippen LogP contribution is -2.53. The number of nitrogens with zero attached hydrogens (tertiary/aromatic N) is 1. The summed E-state index contributed by atoms with van der Waals surface area (Å²) < 4.78 is 5.39. The predicted octanol–water partition coefficient (Wildman–Crippen LogP) is -1.93. The lowest BCUT2D eigenvalue weighted by atomic mass is 10.2. The first-order valence-electron chi connectivity index (χ1n) is 5.42. The minimum absolute atomic E-state index is 0.266. The maximum absolute atomic E-state index is 11.3. The van der Waals surface area contributed by atoms with Crippen LogP contribution in [-0.2, 0) is 9.53 Å². The van der Waals surface area contributed by atoms with E-state index in [1.165, 1.54) is 11.1 Å². The third kappa shape index (κ3) is 2.27. The summed E-state index contributed by atoms with van der Waals surface area (Å²) in [5.74, 6) is -0.342. The lowest BCUT2D eigenvalue weighted by molar-refractivity contribution is -0.143. The highest BCUT2D eigenvalue weighted by Crippen LogP contribution is 2.25. The predicted molar refractivity (Wildman–Crippen MR) is 56.1 cm³/mol. The van der Waals surface area contributed by atoms with Crippen LogP contribution in [-0.4, -0.2) is 57.5 Å². The number of hydrogen-bond acceptors (Lipinski definition) is 6. The van der Waals surface area contributed by atoms with Crippen molar-refractivity contribution in [2.24, 2.45) is 0 Å². The smallest absolute Gasteiger partial charge is 0.251 e. The van der Waals surface area contributed by atoms with Crippen LogP contribution in [0.3, 0.4) is 0 Å². The number of rotatable bonds is 2. The molecule has 7 nitrogen and oxygen atoms in total. The molecule has 2 aliphatic rings. The molecule has 0 aromatic carbocycles. The third-order valence-electron chi connectivity index (χ3n) is 2.96. The monoisotopic (exact) mass is 244 g/mol. The van der Waals surface area contributed by atoms with Gasteiger partial charge in [0.2, 0.25) is 6.35 Å². The summed E-state index contributed by atoms with van der Waals surface area (Å²) in [6, 6.07) is 0. The lowest BCUT2D eigenvalue weighted by Gasteiger charge is -2.35. The van der Waals surface area contributed by atoms with E-state index in [1.54, 1.807) is 6.92 Å². The Labute approximate surface area is 98.3 Å². The second-order valence-corrected chi connectivity index (χ2v) is 4.22. The highest BCUT2D eigenvalue weighted by atomic mass is 16.5. The van der Waals surface area contributed by atoms with E-state index in [-0.39, 0.29) is 18.9 Å². The van der Waals surface area contributed by atoms with E-state index in [0.717, 1.165) is 0 Å². The minimum Gasteiger partial charge on any atom is -0.394 e. The Bertz CT molecular complexity index is 346. The van der Waals surface area contributed by atoms with Crippen LogP contribution >= 0.6 is 0 Å². The fourth-order valence-electron chi connectivity index (χ4n) is 1.96. The first-order chi connectivity index (χ1) is 8.02. The zero-order chi connectivity index (χ0) is 12.6. The number of aliphatic hydroxyl groups is 3. The SMILES string of the molecule is CC1=CN([C@H]2CC(O)[C@@H](CO)O2)C(O)NC1=O. The zero-order valence-corrected chi connectivity index (χ0v) is 9.41. The van der Waals surface area contributed by atoms with Gasteiger partial charge in [0.1, 0.15) is 12.3 Å². The molecule has 2 rings (SSSR count). The molecule has 7 heteroatoms. The molecule has 4 N–H and O–H groups in total. The van der Waals surface area contributed by atoms with Crippen LogP contribution < -0.4 is 5.32 Å². The molecule has 0 spiro atoms. The van der Waals surface area contributed by atoms with Crippen LogP contribution in [0.2, 0.25) is 0 Å². The molecule has 0 bridgehead atoms. The molecule has 1 amide bonds. The van der Waals surface area contributed by atoms with E-state index in [2.05, 4.69) is 5.32 Å². The van der Waals surface area contributed by atoms with Gasteiger partial charge in [-0.3, -0.25) is 4.79 Å². The van der Waals surface area contributed by atoms with Gasteiger partial charge in [0.05, 0.1) is 12.7 Å². The molecule has 0 radical (unpaired) electrons. The van der Waals surface area contributed by atoms with Crippen molar-refractivity contribution in [3.63, 3.8) is 0 Å². The van der Waals surface area contributed by atoms with E-state index in [4.69, 9.17) is 9.84 Å². The molecule has 0 saturated carbocycles. The molecule has 1 saturated heterocycles. The molecule has 0 aromatic rings. The fraction of sp³-hybridized carbons (Fsp3) is 0.700. The van der Waals surface area contributed by atoms with Gasteiger partial charge < -0.3 is 30.3 Å². The first kappa shape index (κ1) is 12.3. The van der Waals surface area contributed by atoms with E-state index in [1.807, 2.05) is 0 Å². The van der Waals surface area contributed by atoms with E-state index >= 15 is 0 Å². The van der Waals surface area contributed by atoms with Gasteiger partial charge in [0.25, 0.3) is 5.91 Å². The van der Waals surface area contributed by atoms with Gasteiger partial charge in [-0.25, -0.2) is 0 Å². The van der Waals surface area contributed by atoms with Crippen LogP contribution in [0.4, 0.5) is 0 Å². The number of nitrogens with one attached hydrogen (secondary N) is 1. The Morgan fingerprint density at radius 1 is 1.59 bits per heavy atom. The van der Waals surface area contributed by atoms with Gasteiger partial charge in [-0.05, 0) is 6.92 Å². The highest BCUT2D eigenvalue weighted by Gasteiger charge is 2.39. The molecule has 0 aromatic heterocycles. The van der Waals surface area contributed by atoms with Crippen LogP contribution in [0.25, 0.3) is 0 Å². The molecule has 2 heterocycles. The largest absolute Gasteiger partial charge is 0.394 e. The summed E-state index contributed by atoms with van der Waals surface area (Å²) >= 11 is 0. The van der Waals surface area contributed by atoms with Gasteiger partial charge in [-0.15, -0.1) is 0 Å². The summed E-state index contributed by atoms with van der Waals surface area (Å²) in [7, 11) is 0. The van der Waals surface area contributed by atoms with E-state index < -0.39 is 24.8 Å². The maximum Gasteiger partial charge on any atom is 0.251 e. The Kier molecular flexibility index (Phi) is 3.34. The average molecular weight is 244 g/mol. The fourth-order valence-corrected chi connectivity index (χ4v) is 1.96. The molecule has 0 aliphatic carbocycles. The Morgan fingerprint density at radius 3 is 2.88 bits per heavy atom.